The van der Waals surface area contributed by atoms with Crippen LogP contribution in [0.15, 0.2) is 71.9 Å². The molecule has 1 aliphatic carbocycles. The van der Waals surface area contributed by atoms with Crippen molar-refractivity contribution in [2.75, 3.05) is 5.75 Å². The molecule has 1 saturated carbocycles. The maximum atomic E-state index is 11.2. The second kappa shape index (κ2) is 7.37. The number of carboxylic acids is 1. The van der Waals surface area contributed by atoms with Gasteiger partial charge in [0, 0.05) is 10.9 Å². The summed E-state index contributed by atoms with van der Waals surface area (Å²) in [7, 11) is 0. The topological polar surface area (TPSA) is 68.0 Å². The lowest BCUT2D eigenvalue weighted by atomic mass is 9.99. The van der Waals surface area contributed by atoms with Gasteiger partial charge < -0.3 is 5.11 Å². The molecule has 5 rings (SSSR count). The van der Waals surface area contributed by atoms with Gasteiger partial charge in [-0.15, -0.1) is 10.2 Å². The molecule has 1 N–H and O–H groups in total. The Morgan fingerprint density at radius 2 is 1.69 bits per heavy atom. The van der Waals surface area contributed by atoms with Gasteiger partial charge in [-0.1, -0.05) is 72.4 Å². The van der Waals surface area contributed by atoms with Crippen molar-refractivity contribution >= 4 is 28.5 Å². The Kier molecular flexibility index (Phi) is 4.56. The highest BCUT2D eigenvalue weighted by atomic mass is 32.2. The summed E-state index contributed by atoms with van der Waals surface area (Å²) in [5.74, 6) is 0.414. The van der Waals surface area contributed by atoms with Gasteiger partial charge in [0.25, 0.3) is 0 Å². The number of carboxylic acid groups (broad SMARTS) is 1. The van der Waals surface area contributed by atoms with Crippen LogP contribution in [0.5, 0.6) is 0 Å². The molecule has 0 bridgehead atoms. The summed E-state index contributed by atoms with van der Waals surface area (Å²) in [6.45, 7) is 0. The maximum Gasteiger partial charge on any atom is 0.313 e. The van der Waals surface area contributed by atoms with Gasteiger partial charge in [-0.05, 0) is 35.8 Å². The zero-order valence-corrected chi connectivity index (χ0v) is 16.5. The van der Waals surface area contributed by atoms with Crippen LogP contribution in [0, 0.1) is 0 Å². The van der Waals surface area contributed by atoms with Gasteiger partial charge in [-0.3, -0.25) is 9.36 Å². The van der Waals surface area contributed by atoms with E-state index < -0.39 is 5.97 Å². The van der Waals surface area contributed by atoms with Crippen LogP contribution in [-0.2, 0) is 4.79 Å². The molecule has 0 unspecified atom stereocenters. The van der Waals surface area contributed by atoms with Gasteiger partial charge in [0.1, 0.15) is 0 Å². The number of aliphatic carboxylic acids is 1. The lowest BCUT2D eigenvalue weighted by Crippen LogP contribution is -2.04. The number of hydrogen-bond acceptors (Lipinski definition) is 4. The van der Waals surface area contributed by atoms with E-state index >= 15 is 0 Å². The Labute approximate surface area is 172 Å². The molecule has 0 spiro atoms. The molecular formula is C23H19N3O2S. The van der Waals surface area contributed by atoms with Gasteiger partial charge in [0.05, 0.1) is 11.4 Å². The minimum Gasteiger partial charge on any atom is -0.481 e. The van der Waals surface area contributed by atoms with E-state index in [-0.39, 0.29) is 5.75 Å². The third-order valence-electron chi connectivity index (χ3n) is 5.18. The monoisotopic (exact) mass is 401 g/mol. The second-order valence-corrected chi connectivity index (χ2v) is 8.13. The summed E-state index contributed by atoms with van der Waals surface area (Å²) in [6, 6.07) is 22.6. The molecule has 0 amide bonds. The number of nitrogens with zero attached hydrogens (tertiary/aromatic N) is 3. The molecule has 1 aliphatic rings. The van der Waals surface area contributed by atoms with Crippen molar-refractivity contribution < 1.29 is 9.90 Å². The minimum absolute atomic E-state index is 0.0645. The van der Waals surface area contributed by atoms with Crippen LogP contribution in [-0.4, -0.2) is 31.6 Å². The van der Waals surface area contributed by atoms with E-state index in [2.05, 4.69) is 40.5 Å². The first-order valence-corrected chi connectivity index (χ1v) is 10.6. The van der Waals surface area contributed by atoms with E-state index in [0.717, 1.165) is 16.6 Å². The average Bonchev–Trinajstić information content (AvgIpc) is 3.51. The highest BCUT2D eigenvalue weighted by Gasteiger charge is 2.26. The zero-order valence-electron chi connectivity index (χ0n) is 15.7. The molecule has 0 saturated heterocycles. The van der Waals surface area contributed by atoms with E-state index in [1.54, 1.807) is 0 Å². The number of carbonyl (C=O) groups is 1. The molecule has 0 aliphatic heterocycles. The molecule has 0 atom stereocenters. The highest BCUT2D eigenvalue weighted by Crippen LogP contribution is 2.44. The number of thioether (sulfide) groups is 1. The SMILES string of the molecule is O=C(O)CSc1nnc(-c2ccccc2)n1-c1ccc(C2CC2)c2ccccc12. The van der Waals surface area contributed by atoms with Crippen molar-refractivity contribution in [1.29, 1.82) is 0 Å². The van der Waals surface area contributed by atoms with Crippen LogP contribution in [0.1, 0.15) is 24.3 Å². The summed E-state index contributed by atoms with van der Waals surface area (Å²) in [6.07, 6.45) is 2.48. The number of aromatic nitrogens is 3. The van der Waals surface area contributed by atoms with E-state index in [0.29, 0.717) is 16.9 Å². The van der Waals surface area contributed by atoms with Crippen LogP contribution in [0.4, 0.5) is 0 Å². The van der Waals surface area contributed by atoms with Crippen molar-refractivity contribution in [2.24, 2.45) is 0 Å². The largest absolute Gasteiger partial charge is 0.481 e. The molecule has 144 valence electrons. The molecule has 4 aromatic rings. The summed E-state index contributed by atoms with van der Waals surface area (Å²) in [5, 5.41) is 20.9. The summed E-state index contributed by atoms with van der Waals surface area (Å²) >= 11 is 1.19. The fourth-order valence-corrected chi connectivity index (χ4v) is 4.40. The van der Waals surface area contributed by atoms with Crippen molar-refractivity contribution in [3.05, 3.63) is 72.3 Å². The standard InChI is InChI=1S/C23H19N3O2S/c27-21(28)14-29-23-25-24-22(16-6-2-1-3-7-16)26(23)20-13-12-17(15-10-11-15)18-8-4-5-9-19(18)20/h1-9,12-13,15H,10-11,14H2,(H,27,28). The van der Waals surface area contributed by atoms with Crippen molar-refractivity contribution in [1.82, 2.24) is 14.8 Å². The Morgan fingerprint density at radius 3 is 2.41 bits per heavy atom. The first-order chi connectivity index (χ1) is 14.2. The van der Waals surface area contributed by atoms with Gasteiger partial charge in [0.15, 0.2) is 11.0 Å². The lowest BCUT2D eigenvalue weighted by molar-refractivity contribution is -0.133. The molecule has 3 aromatic carbocycles. The third kappa shape index (κ3) is 3.40. The van der Waals surface area contributed by atoms with Gasteiger partial charge in [0.2, 0.25) is 0 Å². The number of hydrogen-bond donors (Lipinski definition) is 1. The smallest absolute Gasteiger partial charge is 0.313 e. The summed E-state index contributed by atoms with van der Waals surface area (Å²) in [4.78, 5) is 11.2. The number of rotatable bonds is 6. The Morgan fingerprint density at radius 1 is 0.966 bits per heavy atom. The second-order valence-electron chi connectivity index (χ2n) is 7.18. The Balaban J connectivity index is 1.73. The van der Waals surface area contributed by atoms with E-state index in [4.69, 9.17) is 5.11 Å². The number of fused-ring (bicyclic) bond motifs is 1. The predicted octanol–water partition coefficient (Wildman–Crippen LogP) is 5.14. The van der Waals surface area contributed by atoms with Crippen LogP contribution in [0.2, 0.25) is 0 Å². The van der Waals surface area contributed by atoms with Crippen molar-refractivity contribution in [2.45, 2.75) is 23.9 Å². The first-order valence-electron chi connectivity index (χ1n) is 9.60. The molecule has 6 heteroatoms. The quantitative estimate of drug-likeness (QED) is 0.453. The van der Waals surface area contributed by atoms with Crippen LogP contribution in [0.25, 0.3) is 27.8 Å². The third-order valence-corrected chi connectivity index (χ3v) is 6.10. The first kappa shape index (κ1) is 17.9. The predicted molar refractivity (Wildman–Crippen MR) is 115 cm³/mol. The molecule has 1 aromatic heterocycles. The van der Waals surface area contributed by atoms with E-state index in [1.807, 2.05) is 41.0 Å². The average molecular weight is 401 g/mol. The van der Waals surface area contributed by atoms with Crippen molar-refractivity contribution in [3.8, 4) is 17.1 Å². The van der Waals surface area contributed by atoms with Gasteiger partial charge in [-0.25, -0.2) is 0 Å². The molecular weight excluding hydrogens is 382 g/mol. The van der Waals surface area contributed by atoms with Crippen LogP contribution >= 0.6 is 11.8 Å². The van der Waals surface area contributed by atoms with E-state index in [1.165, 1.54) is 35.6 Å². The van der Waals surface area contributed by atoms with Crippen LogP contribution in [0.3, 0.4) is 0 Å². The Hall–Kier alpha value is -3.12. The van der Waals surface area contributed by atoms with Gasteiger partial charge in [-0.2, -0.15) is 0 Å². The van der Waals surface area contributed by atoms with Gasteiger partial charge >= 0.3 is 5.97 Å². The minimum atomic E-state index is -0.875. The fourth-order valence-electron chi connectivity index (χ4n) is 3.73. The van der Waals surface area contributed by atoms with Crippen LogP contribution < -0.4 is 0 Å². The zero-order chi connectivity index (χ0) is 19.8. The molecule has 29 heavy (non-hydrogen) atoms. The molecule has 1 fully saturated rings. The maximum absolute atomic E-state index is 11.2. The fraction of sp³-hybridized carbons (Fsp3) is 0.174. The number of benzene rings is 3. The highest BCUT2D eigenvalue weighted by molar-refractivity contribution is 7.99. The van der Waals surface area contributed by atoms with Crippen molar-refractivity contribution in [3.63, 3.8) is 0 Å². The normalized spacial score (nSPS) is 13.7. The Bertz CT molecular complexity index is 1200. The molecule has 1 heterocycles. The summed E-state index contributed by atoms with van der Waals surface area (Å²) in [5.41, 5.74) is 3.30. The van der Waals surface area contributed by atoms with E-state index in [9.17, 15) is 4.79 Å². The molecule has 0 radical (unpaired) electrons. The summed E-state index contributed by atoms with van der Waals surface area (Å²) < 4.78 is 1.99. The molecule has 5 nitrogen and oxygen atoms in total. The lowest BCUT2D eigenvalue weighted by Gasteiger charge is -2.15.